The molecule has 0 amide bonds. The zero-order valence-electron chi connectivity index (χ0n) is 8.89. The van der Waals surface area contributed by atoms with Crippen molar-refractivity contribution in [3.05, 3.63) is 0 Å². The van der Waals surface area contributed by atoms with Gasteiger partial charge in [0.25, 0.3) is 0 Å². The Hall–Kier alpha value is -0.0400. The minimum Gasteiger partial charge on any atom is -0.313 e. The third-order valence-corrected chi connectivity index (χ3v) is 4.06. The molecule has 0 aromatic heterocycles. The lowest BCUT2D eigenvalue weighted by molar-refractivity contribution is 0.312. The van der Waals surface area contributed by atoms with Crippen LogP contribution in [0.3, 0.4) is 0 Å². The second-order valence-electron chi connectivity index (χ2n) is 4.91. The van der Waals surface area contributed by atoms with Gasteiger partial charge in [-0.25, -0.2) is 0 Å². The molecule has 1 heteroatoms. The molecule has 3 unspecified atom stereocenters. The third kappa shape index (κ3) is 2.25. The van der Waals surface area contributed by atoms with E-state index in [0.29, 0.717) is 0 Å². The zero-order valence-corrected chi connectivity index (χ0v) is 8.89. The largest absolute Gasteiger partial charge is 0.313 e. The first kappa shape index (κ1) is 9.51. The molecule has 0 spiro atoms. The summed E-state index contributed by atoms with van der Waals surface area (Å²) in [7, 11) is 0. The summed E-state index contributed by atoms with van der Waals surface area (Å²) in [6, 6.07) is 0.836. The van der Waals surface area contributed by atoms with Crippen LogP contribution in [0.15, 0.2) is 0 Å². The number of rotatable bonds is 1. The van der Waals surface area contributed by atoms with Crippen LogP contribution < -0.4 is 5.32 Å². The second kappa shape index (κ2) is 4.45. The Morgan fingerprint density at radius 3 is 2.77 bits per heavy atom. The van der Waals surface area contributed by atoms with Gasteiger partial charge in [0.1, 0.15) is 0 Å². The SMILES string of the molecule is CCC1NCC2CCCCC1CC2. The lowest BCUT2D eigenvalue weighted by Crippen LogP contribution is -2.34. The van der Waals surface area contributed by atoms with Crippen LogP contribution in [0.25, 0.3) is 0 Å². The summed E-state index contributed by atoms with van der Waals surface area (Å²) in [5.74, 6) is 2.00. The van der Waals surface area contributed by atoms with Crippen LogP contribution in [0.5, 0.6) is 0 Å². The van der Waals surface area contributed by atoms with Crippen molar-refractivity contribution in [2.75, 3.05) is 6.54 Å². The lowest BCUT2D eigenvalue weighted by atomic mass is 9.84. The molecule has 0 aromatic carbocycles. The van der Waals surface area contributed by atoms with Crippen molar-refractivity contribution in [1.29, 1.82) is 0 Å². The molecule has 76 valence electrons. The summed E-state index contributed by atoms with van der Waals surface area (Å²) in [4.78, 5) is 0. The summed E-state index contributed by atoms with van der Waals surface area (Å²) in [6.07, 6.45) is 10.3. The van der Waals surface area contributed by atoms with Crippen molar-refractivity contribution >= 4 is 0 Å². The van der Waals surface area contributed by atoms with Gasteiger partial charge < -0.3 is 5.32 Å². The Bertz CT molecular complexity index is 155. The van der Waals surface area contributed by atoms with Gasteiger partial charge in [-0.15, -0.1) is 0 Å². The fraction of sp³-hybridized carbons (Fsp3) is 1.00. The highest BCUT2D eigenvalue weighted by atomic mass is 14.9. The van der Waals surface area contributed by atoms with E-state index < -0.39 is 0 Å². The van der Waals surface area contributed by atoms with Crippen LogP contribution in [0.2, 0.25) is 0 Å². The minimum atomic E-state index is 0.836. The molecule has 1 saturated carbocycles. The van der Waals surface area contributed by atoms with Crippen molar-refractivity contribution in [2.45, 2.75) is 57.9 Å². The summed E-state index contributed by atoms with van der Waals surface area (Å²) in [5, 5.41) is 3.77. The van der Waals surface area contributed by atoms with E-state index in [1.54, 1.807) is 0 Å². The zero-order chi connectivity index (χ0) is 9.10. The van der Waals surface area contributed by atoms with Crippen LogP contribution in [0.4, 0.5) is 0 Å². The van der Waals surface area contributed by atoms with Crippen LogP contribution in [-0.4, -0.2) is 12.6 Å². The maximum absolute atomic E-state index is 3.77. The van der Waals surface area contributed by atoms with E-state index in [1.807, 2.05) is 0 Å². The number of nitrogens with one attached hydrogen (secondary N) is 1. The van der Waals surface area contributed by atoms with Gasteiger partial charge in [-0.2, -0.15) is 0 Å². The fourth-order valence-corrected chi connectivity index (χ4v) is 3.15. The number of hydrogen-bond acceptors (Lipinski definition) is 1. The number of hydrogen-bond donors (Lipinski definition) is 1. The molecule has 1 nitrogen and oxygen atoms in total. The monoisotopic (exact) mass is 181 g/mol. The lowest BCUT2D eigenvalue weighted by Gasteiger charge is -2.24. The summed E-state index contributed by atoms with van der Waals surface area (Å²) >= 11 is 0. The topological polar surface area (TPSA) is 12.0 Å². The minimum absolute atomic E-state index is 0.836. The highest BCUT2D eigenvalue weighted by Gasteiger charge is 2.27. The van der Waals surface area contributed by atoms with Crippen molar-refractivity contribution in [2.24, 2.45) is 11.8 Å². The molecule has 1 aliphatic carbocycles. The Morgan fingerprint density at radius 2 is 1.92 bits per heavy atom. The van der Waals surface area contributed by atoms with E-state index in [4.69, 9.17) is 0 Å². The molecular weight excluding hydrogens is 158 g/mol. The molecule has 1 heterocycles. The standard InChI is InChI=1S/C12H23N/c1-2-12-11-6-4-3-5-10(7-8-11)9-13-12/h10-13H,2-9H2,1H3. The first-order chi connectivity index (χ1) is 6.40. The summed E-state index contributed by atoms with van der Waals surface area (Å²) in [5.41, 5.74) is 0. The molecule has 2 aliphatic rings. The molecule has 0 radical (unpaired) electrons. The average Bonchev–Trinajstić information content (AvgIpc) is 2.24. The normalized spacial score (nSPS) is 40.8. The van der Waals surface area contributed by atoms with Gasteiger partial charge in [-0.1, -0.05) is 19.8 Å². The predicted octanol–water partition coefficient (Wildman–Crippen LogP) is 2.95. The molecule has 1 N–H and O–H groups in total. The van der Waals surface area contributed by atoms with Gasteiger partial charge in [0.15, 0.2) is 0 Å². The molecule has 1 saturated heterocycles. The van der Waals surface area contributed by atoms with E-state index in [2.05, 4.69) is 12.2 Å². The first-order valence-corrected chi connectivity index (χ1v) is 6.13. The first-order valence-electron chi connectivity index (χ1n) is 6.13. The quantitative estimate of drug-likeness (QED) is 0.656. The van der Waals surface area contributed by atoms with Crippen molar-refractivity contribution < 1.29 is 0 Å². The van der Waals surface area contributed by atoms with Crippen molar-refractivity contribution in [3.8, 4) is 0 Å². The molecule has 0 aromatic rings. The van der Waals surface area contributed by atoms with Crippen LogP contribution >= 0.6 is 0 Å². The van der Waals surface area contributed by atoms with E-state index >= 15 is 0 Å². The Labute approximate surface area is 82.3 Å². The van der Waals surface area contributed by atoms with Gasteiger partial charge in [-0.3, -0.25) is 0 Å². The highest BCUT2D eigenvalue weighted by Crippen LogP contribution is 2.31. The smallest absolute Gasteiger partial charge is 0.00928 e. The maximum atomic E-state index is 3.77. The van der Waals surface area contributed by atoms with E-state index in [9.17, 15) is 0 Å². The predicted molar refractivity (Wildman–Crippen MR) is 56.8 cm³/mol. The van der Waals surface area contributed by atoms with Gasteiger partial charge in [-0.05, 0) is 50.5 Å². The maximum Gasteiger partial charge on any atom is 0.00928 e. The average molecular weight is 181 g/mol. The molecule has 2 bridgehead atoms. The van der Waals surface area contributed by atoms with Crippen LogP contribution in [0.1, 0.15) is 51.9 Å². The number of fused-ring (bicyclic) bond motifs is 3. The van der Waals surface area contributed by atoms with Crippen molar-refractivity contribution in [3.63, 3.8) is 0 Å². The van der Waals surface area contributed by atoms with Crippen molar-refractivity contribution in [1.82, 2.24) is 5.32 Å². The summed E-state index contributed by atoms with van der Waals surface area (Å²) in [6.45, 7) is 3.64. The Morgan fingerprint density at radius 1 is 1.08 bits per heavy atom. The van der Waals surface area contributed by atoms with E-state index in [-0.39, 0.29) is 0 Å². The van der Waals surface area contributed by atoms with Gasteiger partial charge in [0.2, 0.25) is 0 Å². The van der Waals surface area contributed by atoms with Gasteiger partial charge >= 0.3 is 0 Å². The summed E-state index contributed by atoms with van der Waals surface area (Å²) < 4.78 is 0. The molecule has 2 rings (SSSR count). The fourth-order valence-electron chi connectivity index (χ4n) is 3.15. The second-order valence-corrected chi connectivity index (χ2v) is 4.91. The molecule has 3 atom stereocenters. The molecule has 13 heavy (non-hydrogen) atoms. The van der Waals surface area contributed by atoms with Crippen LogP contribution in [0, 0.1) is 11.8 Å². The van der Waals surface area contributed by atoms with E-state index in [1.165, 1.54) is 51.5 Å². The third-order valence-electron chi connectivity index (χ3n) is 4.06. The molecule has 1 aliphatic heterocycles. The molecule has 2 fully saturated rings. The molecular formula is C12H23N. The Balaban J connectivity index is 2.02. The highest BCUT2D eigenvalue weighted by molar-refractivity contribution is 4.83. The van der Waals surface area contributed by atoms with Gasteiger partial charge in [0.05, 0.1) is 0 Å². The van der Waals surface area contributed by atoms with Gasteiger partial charge in [0, 0.05) is 6.04 Å². The Kier molecular flexibility index (Phi) is 3.26. The van der Waals surface area contributed by atoms with Crippen LogP contribution in [-0.2, 0) is 0 Å². The van der Waals surface area contributed by atoms with E-state index in [0.717, 1.165) is 17.9 Å².